The molecule has 2 rings (SSSR count). The van der Waals surface area contributed by atoms with E-state index in [1.54, 1.807) is 19.3 Å². The summed E-state index contributed by atoms with van der Waals surface area (Å²) in [6.45, 7) is 1.71. The molecule has 0 saturated carbocycles. The van der Waals surface area contributed by atoms with Crippen LogP contribution in [0.5, 0.6) is 0 Å². The highest BCUT2D eigenvalue weighted by molar-refractivity contribution is 9.10. The summed E-state index contributed by atoms with van der Waals surface area (Å²) >= 11 is 6.09. The second-order valence-corrected chi connectivity index (χ2v) is 6.64. The summed E-state index contributed by atoms with van der Waals surface area (Å²) < 4.78 is 1.70. The van der Waals surface area contributed by atoms with Crippen molar-refractivity contribution < 1.29 is 9.90 Å². The van der Waals surface area contributed by atoms with Gasteiger partial charge < -0.3 is 5.11 Å². The predicted octanol–water partition coefficient (Wildman–Crippen LogP) is 3.60. The molecule has 2 aromatic rings. The van der Waals surface area contributed by atoms with Gasteiger partial charge in [-0.3, -0.25) is 4.98 Å². The highest BCUT2D eigenvalue weighted by atomic mass is 79.9. The van der Waals surface area contributed by atoms with Crippen molar-refractivity contribution in [3.63, 3.8) is 0 Å². The summed E-state index contributed by atoms with van der Waals surface area (Å²) in [5.41, 5.74) is 1.64. The number of carboxylic acids is 1. The molecule has 94 valence electrons. The monoisotopic (exact) mass is 344 g/mol. The van der Waals surface area contributed by atoms with Crippen molar-refractivity contribution in [1.29, 1.82) is 0 Å². The molecule has 4 nitrogen and oxygen atoms in total. The molecule has 7 heteroatoms. The summed E-state index contributed by atoms with van der Waals surface area (Å²) in [6, 6.07) is 1.98. The standard InChI is InChI=1S/C11H9BrN2O2S2/c1-6-9(10(15)16)18-11(14-6)17-5-7-2-8(12)4-13-3-7/h2-4H,5H2,1H3,(H,15,16). The Morgan fingerprint density at radius 1 is 1.56 bits per heavy atom. The van der Waals surface area contributed by atoms with Crippen molar-refractivity contribution in [1.82, 2.24) is 9.97 Å². The molecule has 0 aliphatic carbocycles. The fraction of sp³-hybridized carbons (Fsp3) is 0.182. The number of hydrogen-bond acceptors (Lipinski definition) is 5. The lowest BCUT2D eigenvalue weighted by molar-refractivity contribution is 0.0701. The van der Waals surface area contributed by atoms with E-state index in [0.29, 0.717) is 10.6 Å². The topological polar surface area (TPSA) is 63.1 Å². The van der Waals surface area contributed by atoms with Gasteiger partial charge in [0.05, 0.1) is 5.69 Å². The quantitative estimate of drug-likeness (QED) is 0.858. The molecule has 2 aromatic heterocycles. The van der Waals surface area contributed by atoms with Gasteiger partial charge in [0, 0.05) is 22.6 Å². The third-order valence-electron chi connectivity index (χ3n) is 2.10. The second kappa shape index (κ2) is 5.81. The van der Waals surface area contributed by atoms with Gasteiger partial charge in [-0.15, -0.1) is 11.3 Å². The molecule has 0 unspecified atom stereocenters. The van der Waals surface area contributed by atoms with E-state index in [4.69, 9.17) is 5.11 Å². The first-order valence-corrected chi connectivity index (χ1v) is 7.58. The Labute approximate surface area is 121 Å². The van der Waals surface area contributed by atoms with Crippen LogP contribution in [0.25, 0.3) is 0 Å². The molecule has 0 spiro atoms. The van der Waals surface area contributed by atoms with Gasteiger partial charge in [0.1, 0.15) is 4.88 Å². The molecular formula is C11H9BrN2O2S2. The number of nitrogens with zero attached hydrogens (tertiary/aromatic N) is 2. The Balaban J connectivity index is 2.06. The molecule has 1 N–H and O–H groups in total. The first-order chi connectivity index (χ1) is 8.56. The van der Waals surface area contributed by atoms with Crippen LogP contribution in [0.1, 0.15) is 20.9 Å². The van der Waals surface area contributed by atoms with Gasteiger partial charge in [-0.25, -0.2) is 9.78 Å². The lowest BCUT2D eigenvalue weighted by atomic mass is 10.3. The third kappa shape index (κ3) is 3.30. The zero-order chi connectivity index (χ0) is 13.1. The van der Waals surface area contributed by atoms with Crippen LogP contribution < -0.4 is 0 Å². The maximum atomic E-state index is 10.9. The van der Waals surface area contributed by atoms with Crippen molar-refractivity contribution in [2.45, 2.75) is 17.0 Å². The number of hydrogen-bond donors (Lipinski definition) is 1. The molecule has 0 amide bonds. The first kappa shape index (κ1) is 13.5. The van der Waals surface area contributed by atoms with Crippen LogP contribution >= 0.6 is 39.0 Å². The molecular weight excluding hydrogens is 336 g/mol. The van der Waals surface area contributed by atoms with Crippen LogP contribution in [-0.4, -0.2) is 21.0 Å². The molecule has 0 aliphatic heterocycles. The number of thioether (sulfide) groups is 1. The lowest BCUT2D eigenvalue weighted by Gasteiger charge is -1.98. The van der Waals surface area contributed by atoms with Gasteiger partial charge in [0.25, 0.3) is 0 Å². The molecule has 0 saturated heterocycles. The van der Waals surface area contributed by atoms with Crippen molar-refractivity contribution in [2.24, 2.45) is 0 Å². The van der Waals surface area contributed by atoms with Gasteiger partial charge in [-0.1, -0.05) is 11.8 Å². The van der Waals surface area contributed by atoms with Crippen molar-refractivity contribution in [3.05, 3.63) is 39.1 Å². The molecule has 0 bridgehead atoms. The Morgan fingerprint density at radius 3 is 2.94 bits per heavy atom. The number of halogens is 1. The summed E-state index contributed by atoms with van der Waals surface area (Å²) in [7, 11) is 0. The van der Waals surface area contributed by atoms with E-state index in [-0.39, 0.29) is 0 Å². The van der Waals surface area contributed by atoms with Crippen molar-refractivity contribution >= 4 is 45.0 Å². The number of thiazole rings is 1. The summed E-state index contributed by atoms with van der Waals surface area (Å²) in [6.07, 6.45) is 3.51. The highest BCUT2D eigenvalue weighted by Gasteiger charge is 2.14. The Bertz CT molecular complexity index is 586. The minimum atomic E-state index is -0.916. The minimum absolute atomic E-state index is 0.310. The molecule has 0 fully saturated rings. The SMILES string of the molecule is Cc1nc(SCc2cncc(Br)c2)sc1C(=O)O. The van der Waals surface area contributed by atoms with Crippen LogP contribution in [0.2, 0.25) is 0 Å². The van der Waals surface area contributed by atoms with E-state index in [0.717, 1.165) is 20.1 Å². The van der Waals surface area contributed by atoms with Crippen LogP contribution in [0.4, 0.5) is 0 Å². The fourth-order valence-electron chi connectivity index (χ4n) is 1.31. The molecule has 0 aliphatic rings. The average Bonchev–Trinajstić information content (AvgIpc) is 2.68. The molecule has 2 heterocycles. The first-order valence-electron chi connectivity index (χ1n) is 4.99. The van der Waals surface area contributed by atoms with E-state index in [9.17, 15) is 4.79 Å². The van der Waals surface area contributed by atoms with E-state index in [1.165, 1.54) is 23.1 Å². The number of carboxylic acid groups (broad SMARTS) is 1. The predicted molar refractivity (Wildman–Crippen MR) is 75.3 cm³/mol. The minimum Gasteiger partial charge on any atom is -0.477 e. The Kier molecular flexibility index (Phi) is 4.36. The number of carbonyl (C=O) groups is 1. The van der Waals surface area contributed by atoms with Crippen LogP contribution in [-0.2, 0) is 5.75 Å². The third-order valence-corrected chi connectivity index (χ3v) is 4.89. The van der Waals surface area contributed by atoms with E-state index < -0.39 is 5.97 Å². The molecule has 0 atom stereocenters. The van der Waals surface area contributed by atoms with Crippen molar-refractivity contribution in [3.8, 4) is 0 Å². The van der Waals surface area contributed by atoms with Crippen LogP contribution in [0, 0.1) is 6.92 Å². The zero-order valence-electron chi connectivity index (χ0n) is 9.38. The van der Waals surface area contributed by atoms with Gasteiger partial charge >= 0.3 is 5.97 Å². The van der Waals surface area contributed by atoms with Crippen LogP contribution in [0.15, 0.2) is 27.3 Å². The lowest BCUT2D eigenvalue weighted by Crippen LogP contribution is -1.94. The highest BCUT2D eigenvalue weighted by Crippen LogP contribution is 2.29. The maximum absolute atomic E-state index is 10.9. The van der Waals surface area contributed by atoms with Gasteiger partial charge in [0.15, 0.2) is 4.34 Å². The normalized spacial score (nSPS) is 10.6. The number of aromatic nitrogens is 2. The summed E-state index contributed by atoms with van der Waals surface area (Å²) in [4.78, 5) is 19.5. The smallest absolute Gasteiger partial charge is 0.347 e. The largest absolute Gasteiger partial charge is 0.477 e. The fourth-order valence-corrected chi connectivity index (χ4v) is 3.67. The summed E-state index contributed by atoms with van der Waals surface area (Å²) in [5.74, 6) is -0.195. The maximum Gasteiger partial charge on any atom is 0.347 e. The van der Waals surface area contributed by atoms with Gasteiger partial charge in [-0.2, -0.15) is 0 Å². The average molecular weight is 345 g/mol. The second-order valence-electron chi connectivity index (χ2n) is 3.50. The van der Waals surface area contributed by atoms with Crippen molar-refractivity contribution in [2.75, 3.05) is 0 Å². The molecule has 0 radical (unpaired) electrons. The Morgan fingerprint density at radius 2 is 2.33 bits per heavy atom. The van der Waals surface area contributed by atoms with E-state index in [2.05, 4.69) is 25.9 Å². The molecule has 18 heavy (non-hydrogen) atoms. The number of aryl methyl sites for hydroxylation is 1. The van der Waals surface area contributed by atoms with Gasteiger partial charge in [0.2, 0.25) is 0 Å². The molecule has 0 aromatic carbocycles. The Hall–Kier alpha value is -0.920. The van der Waals surface area contributed by atoms with Crippen LogP contribution in [0.3, 0.4) is 0 Å². The van der Waals surface area contributed by atoms with Gasteiger partial charge in [-0.05, 0) is 34.5 Å². The number of aromatic carboxylic acids is 1. The summed E-state index contributed by atoms with van der Waals surface area (Å²) in [5, 5.41) is 8.95. The van der Waals surface area contributed by atoms with E-state index in [1.807, 2.05) is 6.07 Å². The number of rotatable bonds is 4. The van der Waals surface area contributed by atoms with E-state index >= 15 is 0 Å². The number of pyridine rings is 1. The zero-order valence-corrected chi connectivity index (χ0v) is 12.6.